The molecule has 2 amide bonds. The van der Waals surface area contributed by atoms with Gasteiger partial charge >= 0.3 is 12.0 Å². The SMILES string of the molecule is CCC[C@H](NC(=O)N(C)C(C)c1cccs1)C(=O)O. The summed E-state index contributed by atoms with van der Waals surface area (Å²) in [5.41, 5.74) is 0. The quantitative estimate of drug-likeness (QED) is 0.844. The highest BCUT2D eigenvalue weighted by Crippen LogP contribution is 2.23. The molecule has 2 N–H and O–H groups in total. The fourth-order valence-electron chi connectivity index (χ4n) is 1.69. The van der Waals surface area contributed by atoms with E-state index in [1.807, 2.05) is 31.4 Å². The molecular weight excluding hydrogens is 264 g/mol. The first-order valence-corrected chi connectivity index (χ1v) is 7.14. The van der Waals surface area contributed by atoms with Crippen molar-refractivity contribution >= 4 is 23.3 Å². The lowest BCUT2D eigenvalue weighted by Gasteiger charge is -2.26. The molecule has 0 saturated heterocycles. The Balaban J connectivity index is 2.63. The molecule has 0 spiro atoms. The van der Waals surface area contributed by atoms with Gasteiger partial charge in [0.05, 0.1) is 6.04 Å². The number of aliphatic carboxylic acids is 1. The Hall–Kier alpha value is -1.56. The van der Waals surface area contributed by atoms with Gasteiger partial charge in [-0.1, -0.05) is 19.4 Å². The minimum absolute atomic E-state index is 0.0731. The van der Waals surface area contributed by atoms with Crippen LogP contribution in [0, 0.1) is 0 Å². The molecule has 6 heteroatoms. The van der Waals surface area contributed by atoms with E-state index >= 15 is 0 Å². The standard InChI is InChI=1S/C13H20N2O3S/c1-4-6-10(12(16)17)14-13(18)15(3)9(2)11-7-5-8-19-11/h5,7-10H,4,6H2,1-3H3,(H,14,18)(H,16,17)/t9?,10-/m0/s1. The molecule has 1 rings (SSSR count). The first-order valence-electron chi connectivity index (χ1n) is 6.26. The van der Waals surface area contributed by atoms with Gasteiger partial charge in [0.2, 0.25) is 0 Å². The number of rotatable bonds is 6. The number of thiophene rings is 1. The second-order valence-corrected chi connectivity index (χ2v) is 5.41. The molecule has 1 unspecified atom stereocenters. The summed E-state index contributed by atoms with van der Waals surface area (Å²) >= 11 is 1.57. The minimum Gasteiger partial charge on any atom is -0.480 e. The van der Waals surface area contributed by atoms with E-state index in [4.69, 9.17) is 5.11 Å². The van der Waals surface area contributed by atoms with Crippen molar-refractivity contribution in [2.24, 2.45) is 0 Å². The van der Waals surface area contributed by atoms with Crippen LogP contribution in [0.4, 0.5) is 4.79 Å². The molecule has 0 aliphatic rings. The summed E-state index contributed by atoms with van der Waals surface area (Å²) in [6.07, 6.45) is 1.14. The highest BCUT2D eigenvalue weighted by Gasteiger charge is 2.23. The maximum Gasteiger partial charge on any atom is 0.326 e. The molecule has 0 bridgehead atoms. The number of nitrogens with one attached hydrogen (secondary N) is 1. The van der Waals surface area contributed by atoms with Crippen molar-refractivity contribution in [2.75, 3.05) is 7.05 Å². The van der Waals surface area contributed by atoms with Gasteiger partial charge in [-0.2, -0.15) is 0 Å². The highest BCUT2D eigenvalue weighted by atomic mass is 32.1. The molecule has 106 valence electrons. The molecule has 0 aromatic carbocycles. The van der Waals surface area contributed by atoms with Gasteiger partial charge in [0.25, 0.3) is 0 Å². The predicted octanol–water partition coefficient (Wildman–Crippen LogP) is 2.70. The van der Waals surface area contributed by atoms with E-state index in [1.54, 1.807) is 18.4 Å². The summed E-state index contributed by atoms with van der Waals surface area (Å²) in [6, 6.07) is 2.63. The highest BCUT2D eigenvalue weighted by molar-refractivity contribution is 7.10. The zero-order valence-corrected chi connectivity index (χ0v) is 12.2. The Labute approximate surface area is 117 Å². The molecule has 0 aliphatic heterocycles. The first-order chi connectivity index (χ1) is 8.97. The van der Waals surface area contributed by atoms with Crippen LogP contribution < -0.4 is 5.32 Å². The summed E-state index contributed by atoms with van der Waals surface area (Å²) in [6.45, 7) is 3.81. The zero-order chi connectivity index (χ0) is 14.4. The smallest absolute Gasteiger partial charge is 0.326 e. The molecule has 1 aromatic heterocycles. The Morgan fingerprint density at radius 2 is 2.21 bits per heavy atom. The predicted molar refractivity (Wildman–Crippen MR) is 75.4 cm³/mol. The van der Waals surface area contributed by atoms with Crippen molar-refractivity contribution in [3.05, 3.63) is 22.4 Å². The Morgan fingerprint density at radius 1 is 1.53 bits per heavy atom. The largest absolute Gasteiger partial charge is 0.480 e. The van der Waals surface area contributed by atoms with Gasteiger partial charge in [-0.15, -0.1) is 11.3 Å². The maximum atomic E-state index is 12.0. The van der Waals surface area contributed by atoms with E-state index in [0.29, 0.717) is 12.8 Å². The number of carboxylic acid groups (broad SMARTS) is 1. The van der Waals surface area contributed by atoms with Gasteiger partial charge in [-0.3, -0.25) is 0 Å². The summed E-state index contributed by atoms with van der Waals surface area (Å²) in [7, 11) is 1.67. The van der Waals surface area contributed by atoms with Crippen LogP contribution >= 0.6 is 11.3 Å². The lowest BCUT2D eigenvalue weighted by atomic mass is 10.2. The van der Waals surface area contributed by atoms with Gasteiger partial charge in [0.15, 0.2) is 0 Å². The van der Waals surface area contributed by atoms with Crippen molar-refractivity contribution in [3.8, 4) is 0 Å². The zero-order valence-electron chi connectivity index (χ0n) is 11.4. The number of nitrogens with zero attached hydrogens (tertiary/aromatic N) is 1. The monoisotopic (exact) mass is 284 g/mol. The number of hydrogen-bond acceptors (Lipinski definition) is 3. The van der Waals surface area contributed by atoms with Gasteiger partial charge in [0, 0.05) is 11.9 Å². The molecule has 1 aromatic rings. The molecule has 0 fully saturated rings. The average molecular weight is 284 g/mol. The van der Waals surface area contributed by atoms with Crippen molar-refractivity contribution < 1.29 is 14.7 Å². The fraction of sp³-hybridized carbons (Fsp3) is 0.538. The van der Waals surface area contributed by atoms with Crippen molar-refractivity contribution in [2.45, 2.75) is 38.8 Å². The molecular formula is C13H20N2O3S. The van der Waals surface area contributed by atoms with Crippen LogP contribution in [0.5, 0.6) is 0 Å². The van der Waals surface area contributed by atoms with E-state index in [1.165, 1.54) is 4.90 Å². The molecule has 0 radical (unpaired) electrons. The van der Waals surface area contributed by atoms with Crippen molar-refractivity contribution in [3.63, 3.8) is 0 Å². The summed E-state index contributed by atoms with van der Waals surface area (Å²) in [5.74, 6) is -0.993. The van der Waals surface area contributed by atoms with Crippen molar-refractivity contribution in [1.82, 2.24) is 10.2 Å². The molecule has 5 nitrogen and oxygen atoms in total. The Bertz CT molecular complexity index is 420. The Kier molecular flexibility index (Phi) is 5.82. The van der Waals surface area contributed by atoms with E-state index in [0.717, 1.165) is 4.88 Å². The van der Waals surface area contributed by atoms with Gasteiger partial charge in [-0.05, 0) is 24.8 Å². The third kappa shape index (κ3) is 4.24. The number of carbonyl (C=O) groups excluding carboxylic acids is 1. The van der Waals surface area contributed by atoms with Crippen LogP contribution in [0.1, 0.15) is 37.6 Å². The van der Waals surface area contributed by atoms with Gasteiger partial charge < -0.3 is 15.3 Å². The fourth-order valence-corrected chi connectivity index (χ4v) is 2.52. The Morgan fingerprint density at radius 3 is 2.68 bits per heavy atom. The normalized spacial score (nSPS) is 13.6. The van der Waals surface area contributed by atoms with Gasteiger partial charge in [-0.25, -0.2) is 9.59 Å². The minimum atomic E-state index is -0.993. The number of amides is 2. The molecule has 0 saturated carbocycles. The summed E-state index contributed by atoms with van der Waals surface area (Å²) in [5, 5.41) is 13.5. The molecule has 0 aliphatic carbocycles. The second-order valence-electron chi connectivity index (χ2n) is 4.43. The van der Waals surface area contributed by atoms with Crippen LogP contribution in [-0.2, 0) is 4.79 Å². The number of carbonyl (C=O) groups is 2. The van der Waals surface area contributed by atoms with E-state index < -0.39 is 12.0 Å². The lowest BCUT2D eigenvalue weighted by molar-refractivity contribution is -0.139. The van der Waals surface area contributed by atoms with Gasteiger partial charge in [0.1, 0.15) is 6.04 Å². The van der Waals surface area contributed by atoms with Crippen molar-refractivity contribution in [1.29, 1.82) is 0 Å². The first kappa shape index (κ1) is 15.5. The second kappa shape index (κ2) is 7.13. The average Bonchev–Trinajstić information content (AvgIpc) is 2.89. The maximum absolute atomic E-state index is 12.0. The number of urea groups is 1. The number of carboxylic acids is 1. The third-order valence-electron chi connectivity index (χ3n) is 3.03. The lowest BCUT2D eigenvalue weighted by Crippen LogP contribution is -2.47. The van der Waals surface area contributed by atoms with Crippen LogP contribution in [0.3, 0.4) is 0 Å². The van der Waals surface area contributed by atoms with E-state index in [9.17, 15) is 9.59 Å². The van der Waals surface area contributed by atoms with Crippen LogP contribution in [0.15, 0.2) is 17.5 Å². The number of hydrogen-bond donors (Lipinski definition) is 2. The topological polar surface area (TPSA) is 69.6 Å². The molecule has 2 atom stereocenters. The molecule has 1 heterocycles. The van der Waals surface area contributed by atoms with Crippen LogP contribution in [0.25, 0.3) is 0 Å². The van der Waals surface area contributed by atoms with Crippen LogP contribution in [-0.4, -0.2) is 35.1 Å². The molecule has 19 heavy (non-hydrogen) atoms. The van der Waals surface area contributed by atoms with E-state index in [-0.39, 0.29) is 12.1 Å². The summed E-state index contributed by atoms with van der Waals surface area (Å²) in [4.78, 5) is 25.6. The third-order valence-corrected chi connectivity index (χ3v) is 4.07. The summed E-state index contributed by atoms with van der Waals surface area (Å²) < 4.78 is 0. The van der Waals surface area contributed by atoms with Crippen LogP contribution in [0.2, 0.25) is 0 Å². The van der Waals surface area contributed by atoms with E-state index in [2.05, 4.69) is 5.32 Å².